The van der Waals surface area contributed by atoms with Crippen molar-refractivity contribution in [3.8, 4) is 11.4 Å². The summed E-state index contributed by atoms with van der Waals surface area (Å²) in [5.41, 5.74) is 2.15. The molecule has 1 aromatic carbocycles. The zero-order valence-electron chi connectivity index (χ0n) is 22.9. The third-order valence-electron chi connectivity index (χ3n) is 6.72. The Labute approximate surface area is 240 Å². The third kappa shape index (κ3) is 8.73. The van der Waals surface area contributed by atoms with Gasteiger partial charge in [0.25, 0.3) is 0 Å². The number of nitrogens with zero attached hydrogens (tertiary/aromatic N) is 7. The maximum atomic E-state index is 13.4. The van der Waals surface area contributed by atoms with Crippen molar-refractivity contribution >= 4 is 11.9 Å². The number of likely N-dealkylation sites (tertiary alicyclic amines) is 1. The largest absolute Gasteiger partial charge is 0.490 e. The van der Waals surface area contributed by atoms with Gasteiger partial charge in [0.2, 0.25) is 0 Å². The van der Waals surface area contributed by atoms with Crippen LogP contribution >= 0.6 is 0 Å². The van der Waals surface area contributed by atoms with Gasteiger partial charge >= 0.3 is 24.3 Å². The summed E-state index contributed by atoms with van der Waals surface area (Å²) in [5, 5.41) is 27.5. The Balaban J connectivity index is 0.000000303. The van der Waals surface area contributed by atoms with E-state index in [1.807, 2.05) is 17.9 Å². The van der Waals surface area contributed by atoms with Crippen LogP contribution in [0.3, 0.4) is 0 Å². The number of carboxylic acids is 2. The molecule has 1 saturated heterocycles. The fraction of sp³-hybridized carbons (Fsp3) is 0.480. The summed E-state index contributed by atoms with van der Waals surface area (Å²) < 4.78 is 81.1. The van der Waals surface area contributed by atoms with E-state index in [9.17, 15) is 30.7 Å². The Morgan fingerprint density at radius 1 is 0.930 bits per heavy atom. The number of fused-ring (bicyclic) bond motifs is 2. The summed E-state index contributed by atoms with van der Waals surface area (Å²) in [6.45, 7) is 4.73. The molecule has 11 nitrogen and oxygen atoms in total. The van der Waals surface area contributed by atoms with Crippen LogP contribution in [0, 0.1) is 5.82 Å². The highest BCUT2D eigenvalue weighted by Crippen LogP contribution is 2.39. The van der Waals surface area contributed by atoms with E-state index < -0.39 is 24.3 Å². The number of carbonyl (C=O) groups is 2. The van der Waals surface area contributed by atoms with Crippen LogP contribution in [0.15, 0.2) is 36.7 Å². The lowest BCUT2D eigenvalue weighted by Crippen LogP contribution is -2.55. The molecule has 2 N–H and O–H groups in total. The molecular formula is C25H28F7N7O4. The van der Waals surface area contributed by atoms with Gasteiger partial charge in [0, 0.05) is 50.6 Å². The van der Waals surface area contributed by atoms with Gasteiger partial charge in [0.15, 0.2) is 5.82 Å². The molecule has 4 heterocycles. The third-order valence-corrected chi connectivity index (χ3v) is 6.72. The topological polar surface area (TPSA) is 130 Å². The summed E-state index contributed by atoms with van der Waals surface area (Å²) in [6, 6.07) is 6.59. The molecule has 2 aromatic heterocycles. The van der Waals surface area contributed by atoms with Crippen molar-refractivity contribution in [2.45, 2.75) is 43.8 Å². The molecule has 0 saturated carbocycles. The van der Waals surface area contributed by atoms with E-state index in [1.165, 1.54) is 17.7 Å². The SMILES string of the molecule is CN1Cc2nnc(-c3ccc(F)cc3)n2C2(CCN(Cc3cnn(C)c3)CC2)C1.O=C(O)C(F)(F)F.O=C(O)C(F)(F)F. The van der Waals surface area contributed by atoms with Crippen LogP contribution in [0.25, 0.3) is 11.4 Å². The fourth-order valence-corrected chi connectivity index (χ4v) is 4.89. The number of hydrogen-bond donors (Lipinski definition) is 2. The minimum atomic E-state index is -5.08. The van der Waals surface area contributed by atoms with Gasteiger partial charge in [-0.05, 0) is 44.2 Å². The highest BCUT2D eigenvalue weighted by Gasteiger charge is 2.43. The molecule has 18 heteroatoms. The molecule has 5 rings (SSSR count). The lowest BCUT2D eigenvalue weighted by molar-refractivity contribution is -0.193. The minimum Gasteiger partial charge on any atom is -0.475 e. The average Bonchev–Trinajstić information content (AvgIpc) is 3.52. The number of hydrogen-bond acceptors (Lipinski definition) is 7. The first-order chi connectivity index (χ1) is 19.9. The summed E-state index contributed by atoms with van der Waals surface area (Å²) in [6.07, 6.45) is -4.06. The van der Waals surface area contributed by atoms with Crippen molar-refractivity contribution in [1.82, 2.24) is 34.3 Å². The van der Waals surface area contributed by atoms with E-state index in [2.05, 4.69) is 42.9 Å². The second-order valence-corrected chi connectivity index (χ2v) is 10.1. The van der Waals surface area contributed by atoms with E-state index in [0.29, 0.717) is 0 Å². The second-order valence-electron chi connectivity index (χ2n) is 10.1. The maximum Gasteiger partial charge on any atom is 0.490 e. The molecule has 3 aromatic rings. The molecule has 1 spiro atoms. The van der Waals surface area contributed by atoms with Crippen LogP contribution in [0.1, 0.15) is 24.2 Å². The lowest BCUT2D eigenvalue weighted by Gasteiger charge is -2.48. The number of aliphatic carboxylic acids is 2. The molecule has 0 amide bonds. The molecule has 0 unspecified atom stereocenters. The van der Waals surface area contributed by atoms with Crippen molar-refractivity contribution in [3.63, 3.8) is 0 Å². The first-order valence-electron chi connectivity index (χ1n) is 12.6. The Morgan fingerprint density at radius 2 is 1.47 bits per heavy atom. The number of benzene rings is 1. The van der Waals surface area contributed by atoms with E-state index in [1.54, 1.807) is 12.1 Å². The highest BCUT2D eigenvalue weighted by molar-refractivity contribution is 5.73. The van der Waals surface area contributed by atoms with Gasteiger partial charge in [-0.1, -0.05) is 0 Å². The second kappa shape index (κ2) is 13.1. The first kappa shape index (κ1) is 33.4. The Bertz CT molecular complexity index is 1370. The van der Waals surface area contributed by atoms with E-state index in [-0.39, 0.29) is 11.4 Å². The number of aromatic nitrogens is 5. The lowest BCUT2D eigenvalue weighted by atomic mass is 9.84. The number of aryl methyl sites for hydroxylation is 1. The summed E-state index contributed by atoms with van der Waals surface area (Å²) in [4.78, 5) is 22.6. The van der Waals surface area contributed by atoms with Crippen LogP contribution in [0.4, 0.5) is 30.7 Å². The van der Waals surface area contributed by atoms with Crippen molar-refractivity contribution < 1.29 is 50.5 Å². The van der Waals surface area contributed by atoms with Crippen LogP contribution in [-0.2, 0) is 35.3 Å². The summed E-state index contributed by atoms with van der Waals surface area (Å²) >= 11 is 0. The van der Waals surface area contributed by atoms with Gasteiger partial charge in [-0.15, -0.1) is 10.2 Å². The molecule has 2 aliphatic rings. The van der Waals surface area contributed by atoms with E-state index in [0.717, 1.165) is 62.8 Å². The fourth-order valence-electron chi connectivity index (χ4n) is 4.89. The Morgan fingerprint density at radius 3 is 1.93 bits per heavy atom. The molecule has 0 aliphatic carbocycles. The van der Waals surface area contributed by atoms with Crippen LogP contribution in [-0.4, -0.2) is 95.5 Å². The van der Waals surface area contributed by atoms with E-state index in [4.69, 9.17) is 19.8 Å². The number of piperidine rings is 1. The zero-order valence-corrected chi connectivity index (χ0v) is 22.9. The first-order valence-corrected chi connectivity index (χ1v) is 12.6. The number of halogens is 7. The van der Waals surface area contributed by atoms with Crippen molar-refractivity contribution in [2.24, 2.45) is 7.05 Å². The van der Waals surface area contributed by atoms with Crippen molar-refractivity contribution in [1.29, 1.82) is 0 Å². The average molecular weight is 624 g/mol. The molecular weight excluding hydrogens is 595 g/mol. The smallest absolute Gasteiger partial charge is 0.475 e. The van der Waals surface area contributed by atoms with Gasteiger partial charge < -0.3 is 14.8 Å². The van der Waals surface area contributed by atoms with Crippen LogP contribution in [0.5, 0.6) is 0 Å². The normalized spacial score (nSPS) is 16.9. The molecule has 43 heavy (non-hydrogen) atoms. The van der Waals surface area contributed by atoms with E-state index >= 15 is 0 Å². The van der Waals surface area contributed by atoms with Gasteiger partial charge in [0.1, 0.15) is 11.6 Å². The quantitative estimate of drug-likeness (QED) is 0.421. The predicted octanol–water partition coefficient (Wildman–Crippen LogP) is 3.52. The predicted molar refractivity (Wildman–Crippen MR) is 135 cm³/mol. The van der Waals surface area contributed by atoms with Crippen molar-refractivity contribution in [3.05, 3.63) is 53.9 Å². The summed E-state index contributed by atoms with van der Waals surface area (Å²) in [7, 11) is 4.11. The van der Waals surface area contributed by atoms with Gasteiger partial charge in [0.05, 0.1) is 18.3 Å². The van der Waals surface area contributed by atoms with Crippen molar-refractivity contribution in [2.75, 3.05) is 26.7 Å². The Kier molecular flexibility index (Phi) is 10.2. The molecule has 236 valence electrons. The number of carboxylic acid groups (broad SMARTS) is 2. The van der Waals surface area contributed by atoms with Gasteiger partial charge in [-0.3, -0.25) is 14.5 Å². The monoisotopic (exact) mass is 623 g/mol. The zero-order chi connectivity index (χ0) is 32.2. The number of alkyl halides is 6. The molecule has 0 atom stereocenters. The Hall–Kier alpha value is -4.06. The summed E-state index contributed by atoms with van der Waals surface area (Å²) in [5.74, 6) is -3.89. The molecule has 2 aliphatic heterocycles. The van der Waals surface area contributed by atoms with Gasteiger partial charge in [-0.2, -0.15) is 31.4 Å². The van der Waals surface area contributed by atoms with Crippen LogP contribution < -0.4 is 0 Å². The van der Waals surface area contributed by atoms with Crippen LogP contribution in [0.2, 0.25) is 0 Å². The molecule has 0 bridgehead atoms. The standard InChI is InChI=1S/C21H26FN7.2C2HF3O2/c1-26-14-19-24-25-20(17-3-5-18(22)6-4-17)29(19)21(15-26)7-9-28(10-8-21)13-16-11-23-27(2)12-16;2*3-2(4,5)1(6)7/h3-6,11-12H,7-10,13-15H2,1-2H3;2*(H,6,7). The number of rotatable bonds is 3. The number of likely N-dealkylation sites (N-methyl/N-ethyl adjacent to an activating group) is 1. The minimum absolute atomic E-state index is 0.0268. The maximum absolute atomic E-state index is 13.4. The highest BCUT2D eigenvalue weighted by atomic mass is 19.4. The molecule has 0 radical (unpaired) electrons. The van der Waals surface area contributed by atoms with Gasteiger partial charge in [-0.25, -0.2) is 14.0 Å². The molecule has 1 fully saturated rings.